The molecule has 2 aromatic rings. The van der Waals surface area contributed by atoms with Gasteiger partial charge in [0.1, 0.15) is 5.82 Å². The summed E-state index contributed by atoms with van der Waals surface area (Å²) in [5.41, 5.74) is 10.9. The normalized spacial score (nSPS) is 12.2. The molecule has 2 aromatic carbocycles. The van der Waals surface area contributed by atoms with E-state index in [0.717, 1.165) is 11.3 Å². The first-order chi connectivity index (χ1) is 9.47. The van der Waals surface area contributed by atoms with E-state index < -0.39 is 0 Å². The molecule has 0 aliphatic rings. The molecule has 0 saturated carbocycles. The highest BCUT2D eigenvalue weighted by Crippen LogP contribution is 2.19. The lowest BCUT2D eigenvalue weighted by Gasteiger charge is -2.24. The lowest BCUT2D eigenvalue weighted by Crippen LogP contribution is -2.29. The number of anilines is 1. The third-order valence-electron chi connectivity index (χ3n) is 3.70. The van der Waals surface area contributed by atoms with E-state index in [0.29, 0.717) is 6.54 Å². The second-order valence-corrected chi connectivity index (χ2v) is 5.31. The Morgan fingerprint density at radius 1 is 1.05 bits per heavy atom. The second kappa shape index (κ2) is 6.06. The maximum Gasteiger partial charge on any atom is 0.123 e. The van der Waals surface area contributed by atoms with Crippen LogP contribution in [0, 0.1) is 19.7 Å². The number of nitrogens with two attached hydrogens (primary N) is 1. The second-order valence-electron chi connectivity index (χ2n) is 5.31. The molecule has 0 fully saturated rings. The number of halogens is 1. The van der Waals surface area contributed by atoms with Gasteiger partial charge in [-0.1, -0.05) is 18.2 Å². The molecule has 2 rings (SSSR count). The number of hydrogen-bond acceptors (Lipinski definition) is 2. The third-order valence-corrected chi connectivity index (χ3v) is 3.70. The van der Waals surface area contributed by atoms with E-state index in [1.54, 1.807) is 12.1 Å². The number of nitrogens with zero attached hydrogens (tertiary/aromatic N) is 1. The van der Waals surface area contributed by atoms with Crippen molar-refractivity contribution in [2.45, 2.75) is 19.9 Å². The van der Waals surface area contributed by atoms with Crippen molar-refractivity contribution in [3.8, 4) is 0 Å². The fourth-order valence-electron chi connectivity index (χ4n) is 2.20. The Balaban J connectivity index is 2.08. The molecule has 0 bridgehead atoms. The van der Waals surface area contributed by atoms with Crippen molar-refractivity contribution in [3.63, 3.8) is 0 Å². The van der Waals surface area contributed by atoms with Gasteiger partial charge in [-0.15, -0.1) is 0 Å². The third kappa shape index (κ3) is 3.36. The average molecular weight is 272 g/mol. The highest BCUT2D eigenvalue weighted by molar-refractivity contribution is 5.46. The predicted molar refractivity (Wildman–Crippen MR) is 82.5 cm³/mol. The minimum atomic E-state index is -0.222. The maximum atomic E-state index is 12.9. The molecule has 1 unspecified atom stereocenters. The molecule has 106 valence electrons. The van der Waals surface area contributed by atoms with Crippen molar-refractivity contribution in [2.75, 3.05) is 18.5 Å². The maximum absolute atomic E-state index is 12.9. The Hall–Kier alpha value is -1.87. The van der Waals surface area contributed by atoms with Gasteiger partial charge >= 0.3 is 0 Å². The standard InChI is InChI=1S/C17H21FN2/c1-12-4-5-14(10-13(12)2)17(19)11-20(3)16-8-6-15(18)7-9-16/h4-10,17H,11,19H2,1-3H3. The van der Waals surface area contributed by atoms with E-state index in [1.807, 2.05) is 11.9 Å². The van der Waals surface area contributed by atoms with E-state index in [2.05, 4.69) is 32.0 Å². The first kappa shape index (κ1) is 14.5. The highest BCUT2D eigenvalue weighted by Gasteiger charge is 2.10. The van der Waals surface area contributed by atoms with Crippen molar-refractivity contribution >= 4 is 5.69 Å². The van der Waals surface area contributed by atoms with Crippen LogP contribution in [0.3, 0.4) is 0 Å². The molecular weight excluding hydrogens is 251 g/mol. The minimum absolute atomic E-state index is 0.0654. The Labute approximate surface area is 120 Å². The van der Waals surface area contributed by atoms with Gasteiger partial charge in [0.2, 0.25) is 0 Å². The van der Waals surface area contributed by atoms with Gasteiger partial charge < -0.3 is 10.6 Å². The summed E-state index contributed by atoms with van der Waals surface area (Å²) in [4.78, 5) is 2.04. The van der Waals surface area contributed by atoms with E-state index in [-0.39, 0.29) is 11.9 Å². The molecule has 0 radical (unpaired) electrons. The average Bonchev–Trinajstić information content (AvgIpc) is 2.42. The van der Waals surface area contributed by atoms with Crippen LogP contribution in [0.15, 0.2) is 42.5 Å². The molecule has 1 atom stereocenters. The highest BCUT2D eigenvalue weighted by atomic mass is 19.1. The fourth-order valence-corrected chi connectivity index (χ4v) is 2.20. The fraction of sp³-hybridized carbons (Fsp3) is 0.294. The summed E-state index contributed by atoms with van der Waals surface area (Å²) >= 11 is 0. The van der Waals surface area contributed by atoms with Gasteiger partial charge in [0.05, 0.1) is 0 Å². The summed E-state index contributed by atoms with van der Waals surface area (Å²) in [6, 6.07) is 12.7. The van der Waals surface area contributed by atoms with Gasteiger partial charge in [-0.25, -0.2) is 4.39 Å². The molecular formula is C17H21FN2. The number of hydrogen-bond donors (Lipinski definition) is 1. The van der Waals surface area contributed by atoms with E-state index in [1.165, 1.54) is 23.3 Å². The van der Waals surface area contributed by atoms with Crippen LogP contribution in [0.1, 0.15) is 22.7 Å². The molecule has 0 aromatic heterocycles. The summed E-state index contributed by atoms with van der Waals surface area (Å²) in [6.07, 6.45) is 0. The monoisotopic (exact) mass is 272 g/mol. The van der Waals surface area contributed by atoms with Crippen LogP contribution in [-0.2, 0) is 0 Å². The van der Waals surface area contributed by atoms with Gasteiger partial charge in [0.25, 0.3) is 0 Å². The van der Waals surface area contributed by atoms with Crippen molar-refractivity contribution < 1.29 is 4.39 Å². The SMILES string of the molecule is Cc1ccc(C(N)CN(C)c2ccc(F)cc2)cc1C. The van der Waals surface area contributed by atoms with Gasteiger partial charge in [-0.3, -0.25) is 0 Å². The van der Waals surface area contributed by atoms with Crippen LogP contribution in [0.2, 0.25) is 0 Å². The number of rotatable bonds is 4. The van der Waals surface area contributed by atoms with Crippen LogP contribution in [-0.4, -0.2) is 13.6 Å². The van der Waals surface area contributed by atoms with Crippen LogP contribution >= 0.6 is 0 Å². The minimum Gasteiger partial charge on any atom is -0.373 e. The zero-order valence-electron chi connectivity index (χ0n) is 12.2. The van der Waals surface area contributed by atoms with Crippen LogP contribution in [0.25, 0.3) is 0 Å². The zero-order chi connectivity index (χ0) is 14.7. The summed E-state index contributed by atoms with van der Waals surface area (Å²) in [5, 5.41) is 0. The Kier molecular flexibility index (Phi) is 4.40. The Morgan fingerprint density at radius 3 is 2.30 bits per heavy atom. The van der Waals surface area contributed by atoms with Crippen molar-refractivity contribution in [3.05, 3.63) is 65.0 Å². The smallest absolute Gasteiger partial charge is 0.123 e. The van der Waals surface area contributed by atoms with Crippen LogP contribution < -0.4 is 10.6 Å². The first-order valence-corrected chi connectivity index (χ1v) is 6.77. The topological polar surface area (TPSA) is 29.3 Å². The number of aryl methyl sites for hydroxylation is 2. The van der Waals surface area contributed by atoms with Crippen molar-refractivity contribution in [1.82, 2.24) is 0 Å². The molecule has 0 spiro atoms. The molecule has 2 N–H and O–H groups in total. The first-order valence-electron chi connectivity index (χ1n) is 6.77. The number of benzene rings is 2. The predicted octanol–water partition coefficient (Wildman–Crippen LogP) is 3.58. The largest absolute Gasteiger partial charge is 0.373 e. The summed E-state index contributed by atoms with van der Waals surface area (Å²) in [5.74, 6) is -0.222. The van der Waals surface area contributed by atoms with E-state index in [9.17, 15) is 4.39 Å². The molecule has 0 heterocycles. The van der Waals surface area contributed by atoms with Crippen molar-refractivity contribution in [1.29, 1.82) is 0 Å². The Morgan fingerprint density at radius 2 is 1.70 bits per heavy atom. The molecule has 3 heteroatoms. The van der Waals surface area contributed by atoms with Gasteiger partial charge in [-0.2, -0.15) is 0 Å². The summed E-state index contributed by atoms with van der Waals surface area (Å²) in [7, 11) is 1.97. The molecule has 0 aliphatic carbocycles. The summed E-state index contributed by atoms with van der Waals surface area (Å²) in [6.45, 7) is 4.87. The van der Waals surface area contributed by atoms with Crippen LogP contribution in [0.4, 0.5) is 10.1 Å². The van der Waals surface area contributed by atoms with E-state index in [4.69, 9.17) is 5.73 Å². The zero-order valence-corrected chi connectivity index (χ0v) is 12.2. The molecule has 20 heavy (non-hydrogen) atoms. The quantitative estimate of drug-likeness (QED) is 0.921. The Bertz CT molecular complexity index is 578. The molecule has 0 saturated heterocycles. The van der Waals surface area contributed by atoms with Crippen LogP contribution in [0.5, 0.6) is 0 Å². The molecule has 2 nitrogen and oxygen atoms in total. The number of likely N-dealkylation sites (N-methyl/N-ethyl adjacent to an activating group) is 1. The lowest BCUT2D eigenvalue weighted by molar-refractivity contribution is 0.627. The van der Waals surface area contributed by atoms with Gasteiger partial charge in [0.15, 0.2) is 0 Å². The van der Waals surface area contributed by atoms with Gasteiger partial charge in [0, 0.05) is 25.3 Å². The summed E-state index contributed by atoms with van der Waals surface area (Å²) < 4.78 is 12.9. The van der Waals surface area contributed by atoms with Crippen molar-refractivity contribution in [2.24, 2.45) is 5.73 Å². The van der Waals surface area contributed by atoms with Gasteiger partial charge in [-0.05, 0) is 54.8 Å². The molecule has 0 amide bonds. The molecule has 0 aliphatic heterocycles. The van der Waals surface area contributed by atoms with E-state index >= 15 is 0 Å². The lowest BCUT2D eigenvalue weighted by atomic mass is 10.0.